The number of unbranched alkanes of at least 4 members (excludes halogenated alkanes) is 6. The lowest BCUT2D eigenvalue weighted by atomic mass is 9.49. The number of ether oxygens (including phenoxy) is 2. The van der Waals surface area contributed by atoms with Gasteiger partial charge in [0.05, 0.1) is 11.0 Å². The molecule has 1 aromatic carbocycles. The summed E-state index contributed by atoms with van der Waals surface area (Å²) in [6.45, 7) is 9.12. The van der Waals surface area contributed by atoms with Gasteiger partial charge in [0.15, 0.2) is 23.4 Å². The van der Waals surface area contributed by atoms with E-state index in [1.165, 1.54) is 19.3 Å². The summed E-state index contributed by atoms with van der Waals surface area (Å²) in [6, 6.07) is 3.72. The number of Topliss-reactive ketones (excluding diaryl/α,β-unsaturated/α-hetero) is 1. The molecule has 194 valence electrons. The normalized spacial score (nSPS) is 29.9. The largest absolute Gasteiger partial charge is 0.477 e. The van der Waals surface area contributed by atoms with Gasteiger partial charge in [-0.25, -0.2) is 0 Å². The number of carbonyl (C=O) groups is 2. The predicted molar refractivity (Wildman–Crippen MR) is 138 cm³/mol. The lowest BCUT2D eigenvalue weighted by molar-refractivity contribution is -0.187. The average molecular weight is 494 g/mol. The Hall–Kier alpha value is -2.44. The van der Waals surface area contributed by atoms with E-state index in [9.17, 15) is 14.7 Å². The topological polar surface area (TPSA) is 76.1 Å². The zero-order valence-electron chi connectivity index (χ0n) is 21.3. The molecule has 4 aliphatic rings. The van der Waals surface area contributed by atoms with Gasteiger partial charge in [0.1, 0.15) is 0 Å². The third kappa shape index (κ3) is 3.93. The molecular formula is C30H39NO5. The lowest BCUT2D eigenvalue weighted by Crippen LogP contribution is -2.76. The molecule has 4 atom stereocenters. The van der Waals surface area contributed by atoms with Crippen molar-refractivity contribution < 1.29 is 24.2 Å². The SMILES string of the molecule is C=CCCCCCCCCC(=O)Oc1ccc2c3c1O[C@H]1C(=O)CC[C@@]4(O)[C@@H](C2)N(CC=C)CC[C@@]314. The number of likely N-dealkylation sites (tertiary alicyclic amines) is 1. The Morgan fingerprint density at radius 2 is 1.92 bits per heavy atom. The number of carbonyl (C=O) groups excluding carboxylic acids is 2. The van der Waals surface area contributed by atoms with Gasteiger partial charge in [-0.15, -0.1) is 13.2 Å². The highest BCUT2D eigenvalue weighted by atomic mass is 16.6. The molecule has 0 unspecified atom stereocenters. The van der Waals surface area contributed by atoms with Crippen molar-refractivity contribution in [1.82, 2.24) is 4.90 Å². The van der Waals surface area contributed by atoms with Crippen LogP contribution in [-0.4, -0.2) is 52.6 Å². The van der Waals surface area contributed by atoms with Gasteiger partial charge < -0.3 is 14.6 Å². The highest BCUT2D eigenvalue weighted by Gasteiger charge is 2.73. The van der Waals surface area contributed by atoms with Crippen molar-refractivity contribution in [2.24, 2.45) is 0 Å². The molecule has 2 aliphatic carbocycles. The van der Waals surface area contributed by atoms with E-state index in [4.69, 9.17) is 9.47 Å². The molecule has 1 N–H and O–H groups in total. The fourth-order valence-corrected chi connectivity index (χ4v) is 7.31. The monoisotopic (exact) mass is 493 g/mol. The number of esters is 1. The van der Waals surface area contributed by atoms with E-state index in [1.807, 2.05) is 24.3 Å². The van der Waals surface area contributed by atoms with Gasteiger partial charge in [-0.2, -0.15) is 0 Å². The van der Waals surface area contributed by atoms with Crippen LogP contribution < -0.4 is 9.47 Å². The summed E-state index contributed by atoms with van der Waals surface area (Å²) in [7, 11) is 0. The van der Waals surface area contributed by atoms with Crippen molar-refractivity contribution in [2.45, 2.75) is 100 Å². The van der Waals surface area contributed by atoms with Gasteiger partial charge >= 0.3 is 5.97 Å². The van der Waals surface area contributed by atoms with E-state index >= 15 is 0 Å². The molecular weight excluding hydrogens is 454 g/mol. The average Bonchev–Trinajstić information content (AvgIpc) is 3.22. The molecule has 36 heavy (non-hydrogen) atoms. The van der Waals surface area contributed by atoms with Gasteiger partial charge in [-0.3, -0.25) is 14.5 Å². The Kier molecular flexibility index (Phi) is 7.10. The smallest absolute Gasteiger partial charge is 0.311 e. The third-order valence-corrected chi connectivity index (χ3v) is 8.98. The Labute approximate surface area is 214 Å². The highest BCUT2D eigenvalue weighted by Crippen LogP contribution is 2.64. The fourth-order valence-electron chi connectivity index (χ4n) is 7.31. The van der Waals surface area contributed by atoms with Crippen LogP contribution in [0.1, 0.15) is 81.8 Å². The summed E-state index contributed by atoms with van der Waals surface area (Å²) >= 11 is 0. The van der Waals surface area contributed by atoms with Crippen molar-refractivity contribution in [2.75, 3.05) is 13.1 Å². The second-order valence-electron chi connectivity index (χ2n) is 11.0. The molecule has 6 nitrogen and oxygen atoms in total. The maximum Gasteiger partial charge on any atom is 0.311 e. The van der Waals surface area contributed by atoms with Gasteiger partial charge in [0, 0.05) is 37.5 Å². The van der Waals surface area contributed by atoms with Crippen LogP contribution in [0.3, 0.4) is 0 Å². The Bertz CT molecular complexity index is 1050. The van der Waals surface area contributed by atoms with Crippen LogP contribution >= 0.6 is 0 Å². The van der Waals surface area contributed by atoms with Crippen molar-refractivity contribution in [1.29, 1.82) is 0 Å². The lowest BCUT2D eigenvalue weighted by Gasteiger charge is -2.62. The van der Waals surface area contributed by atoms with E-state index in [0.29, 0.717) is 50.1 Å². The van der Waals surface area contributed by atoms with E-state index in [0.717, 1.165) is 43.4 Å². The molecule has 1 spiro atoms. The second kappa shape index (κ2) is 10.1. The minimum Gasteiger partial charge on any atom is -0.477 e. The number of ketones is 1. The van der Waals surface area contributed by atoms with Crippen LogP contribution in [0.25, 0.3) is 0 Å². The number of piperidine rings is 1. The van der Waals surface area contributed by atoms with Crippen molar-refractivity contribution in [3.8, 4) is 11.5 Å². The summed E-state index contributed by atoms with van der Waals surface area (Å²) in [5.74, 6) is 0.640. The van der Waals surface area contributed by atoms with E-state index in [-0.39, 0.29) is 17.8 Å². The predicted octanol–water partition coefficient (Wildman–Crippen LogP) is 4.81. The number of aliphatic hydroxyl groups is 1. The molecule has 2 fully saturated rings. The quantitative estimate of drug-likeness (QED) is 0.195. The number of hydrogen-bond acceptors (Lipinski definition) is 6. The first-order valence-corrected chi connectivity index (χ1v) is 13.7. The van der Waals surface area contributed by atoms with Crippen LogP contribution in [0.4, 0.5) is 0 Å². The molecule has 5 rings (SSSR count). The Morgan fingerprint density at radius 1 is 1.14 bits per heavy atom. The van der Waals surface area contributed by atoms with Crippen LogP contribution in [0.15, 0.2) is 37.4 Å². The summed E-state index contributed by atoms with van der Waals surface area (Å²) in [5.41, 5.74) is 0.158. The highest BCUT2D eigenvalue weighted by molar-refractivity contribution is 5.90. The standard InChI is InChI=1S/C30H39NO5/c1-3-5-6-7-8-9-10-11-12-25(33)35-23-14-13-21-20-24-30(34)16-15-22(32)28-29(30,26(21)27(23)36-28)17-19-31(24)18-4-2/h3-4,13-14,24,28,34H,1-2,5-12,15-20H2/t24-,28+,29-,30-/m1/s1. The molecule has 1 saturated carbocycles. The zero-order chi connectivity index (χ0) is 25.3. The van der Waals surface area contributed by atoms with Gasteiger partial charge in [-0.1, -0.05) is 43.9 Å². The van der Waals surface area contributed by atoms with Crippen LogP contribution in [0.2, 0.25) is 0 Å². The van der Waals surface area contributed by atoms with Crippen molar-refractivity contribution in [3.63, 3.8) is 0 Å². The van der Waals surface area contributed by atoms with Crippen molar-refractivity contribution >= 4 is 11.8 Å². The van der Waals surface area contributed by atoms with E-state index < -0.39 is 17.1 Å². The molecule has 0 amide bonds. The number of rotatable bonds is 12. The molecule has 1 saturated heterocycles. The van der Waals surface area contributed by atoms with Crippen LogP contribution in [-0.2, 0) is 21.4 Å². The molecule has 6 heteroatoms. The fraction of sp³-hybridized carbons (Fsp3) is 0.600. The number of benzene rings is 1. The van der Waals surface area contributed by atoms with E-state index in [2.05, 4.69) is 18.1 Å². The van der Waals surface area contributed by atoms with Crippen LogP contribution in [0.5, 0.6) is 11.5 Å². The summed E-state index contributed by atoms with van der Waals surface area (Å²) in [5, 5.41) is 12.2. The summed E-state index contributed by atoms with van der Waals surface area (Å²) in [6.07, 6.45) is 13.1. The number of allylic oxidation sites excluding steroid dienone is 1. The summed E-state index contributed by atoms with van der Waals surface area (Å²) in [4.78, 5) is 28.1. The number of nitrogens with zero attached hydrogens (tertiary/aromatic N) is 1. The first-order chi connectivity index (χ1) is 17.5. The number of hydrogen-bond donors (Lipinski definition) is 1. The molecule has 0 radical (unpaired) electrons. The molecule has 2 aliphatic heterocycles. The van der Waals surface area contributed by atoms with E-state index in [1.54, 1.807) is 0 Å². The van der Waals surface area contributed by atoms with Gasteiger partial charge in [0.2, 0.25) is 0 Å². The van der Waals surface area contributed by atoms with Gasteiger partial charge in [-0.05, 0) is 50.2 Å². The molecule has 1 aromatic rings. The Balaban J connectivity index is 1.33. The Morgan fingerprint density at radius 3 is 2.69 bits per heavy atom. The molecule has 2 bridgehead atoms. The first kappa shape index (κ1) is 25.2. The maximum atomic E-state index is 13.1. The molecule has 2 heterocycles. The van der Waals surface area contributed by atoms with Crippen LogP contribution in [0, 0.1) is 0 Å². The minimum atomic E-state index is -1.06. The molecule has 0 aromatic heterocycles. The van der Waals surface area contributed by atoms with Gasteiger partial charge in [0.25, 0.3) is 0 Å². The van der Waals surface area contributed by atoms with Crippen molar-refractivity contribution in [3.05, 3.63) is 48.6 Å². The summed E-state index contributed by atoms with van der Waals surface area (Å²) < 4.78 is 12.1. The minimum absolute atomic E-state index is 0.0324. The zero-order valence-corrected chi connectivity index (χ0v) is 21.3. The first-order valence-electron chi connectivity index (χ1n) is 13.7. The maximum absolute atomic E-state index is 13.1. The third-order valence-electron chi connectivity index (χ3n) is 8.98. The second-order valence-corrected chi connectivity index (χ2v) is 11.0.